The topological polar surface area (TPSA) is 23.6 Å². The van der Waals surface area contributed by atoms with Crippen LogP contribution in [0.1, 0.15) is 24.5 Å². The molecule has 0 aliphatic carbocycles. The molecule has 0 N–H and O–H groups in total. The van der Waals surface area contributed by atoms with E-state index in [0.717, 1.165) is 17.5 Å². The molecule has 3 nitrogen and oxygen atoms in total. The van der Waals surface area contributed by atoms with Crippen LogP contribution in [0, 0.1) is 0 Å². The summed E-state index contributed by atoms with van der Waals surface area (Å²) in [6.07, 6.45) is 0.804. The van der Waals surface area contributed by atoms with Crippen LogP contribution in [0.3, 0.4) is 0 Å². The van der Waals surface area contributed by atoms with Crippen LogP contribution in [0.15, 0.2) is 48.5 Å². The molecule has 2 amide bonds. The fraction of sp³-hybridized carbons (Fsp3) is 0.316. The standard InChI is InChI=1S/C19H20Cl2N2O/c1-3-19(15-9-10-16(20)17(21)11-15)13-23(18(24)22(19)2)12-14-7-5-4-6-8-14/h4-11H,3,12-13H2,1-2H3. The Morgan fingerprint density at radius 1 is 1.08 bits per heavy atom. The molecule has 1 heterocycles. The highest BCUT2D eigenvalue weighted by Crippen LogP contribution is 2.40. The lowest BCUT2D eigenvalue weighted by atomic mass is 9.86. The van der Waals surface area contributed by atoms with Crippen molar-refractivity contribution in [3.05, 3.63) is 69.7 Å². The Morgan fingerprint density at radius 3 is 2.42 bits per heavy atom. The number of nitrogens with zero attached hydrogens (tertiary/aromatic N) is 2. The third-order valence-corrected chi connectivity index (χ3v) is 5.65. The summed E-state index contributed by atoms with van der Waals surface area (Å²) in [6, 6.07) is 15.7. The second kappa shape index (κ2) is 6.66. The van der Waals surface area contributed by atoms with Gasteiger partial charge in [0.1, 0.15) is 0 Å². The van der Waals surface area contributed by atoms with Gasteiger partial charge in [-0.3, -0.25) is 0 Å². The summed E-state index contributed by atoms with van der Waals surface area (Å²) in [5.41, 5.74) is 1.76. The Morgan fingerprint density at radius 2 is 1.79 bits per heavy atom. The Bertz CT molecular complexity index is 750. The molecule has 1 fully saturated rings. The third-order valence-electron chi connectivity index (χ3n) is 4.91. The van der Waals surface area contributed by atoms with E-state index in [0.29, 0.717) is 23.1 Å². The van der Waals surface area contributed by atoms with E-state index >= 15 is 0 Å². The van der Waals surface area contributed by atoms with Crippen molar-refractivity contribution in [2.45, 2.75) is 25.4 Å². The van der Waals surface area contributed by atoms with E-state index in [4.69, 9.17) is 23.2 Å². The van der Waals surface area contributed by atoms with Gasteiger partial charge in [0.05, 0.1) is 22.1 Å². The first-order valence-corrected chi connectivity index (χ1v) is 8.75. The number of hydrogen-bond donors (Lipinski definition) is 0. The zero-order valence-electron chi connectivity index (χ0n) is 13.8. The number of urea groups is 1. The number of halogens is 2. The van der Waals surface area contributed by atoms with Crippen LogP contribution in [-0.4, -0.2) is 29.4 Å². The molecule has 2 aromatic carbocycles. The van der Waals surface area contributed by atoms with Gasteiger partial charge in [-0.25, -0.2) is 4.79 Å². The van der Waals surface area contributed by atoms with Crippen LogP contribution < -0.4 is 0 Å². The lowest BCUT2D eigenvalue weighted by Gasteiger charge is -2.34. The molecule has 2 aromatic rings. The fourth-order valence-corrected chi connectivity index (χ4v) is 3.73. The van der Waals surface area contributed by atoms with Crippen molar-refractivity contribution in [1.82, 2.24) is 9.80 Å². The fourth-order valence-electron chi connectivity index (χ4n) is 3.44. The van der Waals surface area contributed by atoms with E-state index in [1.807, 2.05) is 59.3 Å². The van der Waals surface area contributed by atoms with E-state index in [-0.39, 0.29) is 11.6 Å². The Balaban J connectivity index is 1.93. The van der Waals surface area contributed by atoms with E-state index in [1.165, 1.54) is 0 Å². The number of rotatable bonds is 4. The van der Waals surface area contributed by atoms with E-state index in [1.54, 1.807) is 6.07 Å². The molecule has 3 rings (SSSR count). The summed E-state index contributed by atoms with van der Waals surface area (Å²) in [7, 11) is 1.86. The zero-order valence-corrected chi connectivity index (χ0v) is 15.3. The summed E-state index contributed by atoms with van der Waals surface area (Å²) >= 11 is 12.3. The van der Waals surface area contributed by atoms with Crippen LogP contribution >= 0.6 is 23.2 Å². The molecule has 126 valence electrons. The van der Waals surface area contributed by atoms with Crippen molar-refractivity contribution < 1.29 is 4.79 Å². The quantitative estimate of drug-likeness (QED) is 0.735. The molecule has 5 heteroatoms. The molecule has 1 aliphatic rings. The van der Waals surface area contributed by atoms with Crippen LogP contribution in [0.4, 0.5) is 4.79 Å². The van der Waals surface area contributed by atoms with Gasteiger partial charge in [0.25, 0.3) is 0 Å². The SMILES string of the molecule is CCC1(c2ccc(Cl)c(Cl)c2)CN(Cc2ccccc2)C(=O)N1C. The third kappa shape index (κ3) is 2.87. The van der Waals surface area contributed by atoms with Crippen LogP contribution in [0.2, 0.25) is 10.0 Å². The molecule has 0 aromatic heterocycles. The first-order chi connectivity index (χ1) is 11.5. The molecule has 24 heavy (non-hydrogen) atoms. The summed E-state index contributed by atoms with van der Waals surface area (Å²) in [5.74, 6) is 0. The average molecular weight is 363 g/mol. The Hall–Kier alpha value is -1.71. The van der Waals surface area contributed by atoms with Crippen molar-refractivity contribution >= 4 is 29.2 Å². The van der Waals surface area contributed by atoms with Crippen LogP contribution in [0.5, 0.6) is 0 Å². The first kappa shape index (κ1) is 17.1. The molecule has 1 aliphatic heterocycles. The molecule has 1 saturated heterocycles. The van der Waals surface area contributed by atoms with Crippen molar-refractivity contribution in [1.29, 1.82) is 0 Å². The first-order valence-electron chi connectivity index (χ1n) is 8.00. The predicted octanol–water partition coefficient (Wildman–Crippen LogP) is 5.17. The minimum absolute atomic E-state index is 0.0341. The van der Waals surface area contributed by atoms with E-state index < -0.39 is 0 Å². The molecule has 0 saturated carbocycles. The minimum atomic E-state index is -0.389. The number of likely N-dealkylation sites (N-methyl/N-ethyl adjacent to an activating group) is 1. The highest BCUT2D eigenvalue weighted by atomic mass is 35.5. The van der Waals surface area contributed by atoms with Gasteiger partial charge in [0, 0.05) is 13.6 Å². The second-order valence-electron chi connectivity index (χ2n) is 6.20. The van der Waals surface area contributed by atoms with E-state index in [2.05, 4.69) is 6.92 Å². The maximum absolute atomic E-state index is 12.8. The van der Waals surface area contributed by atoms with Crippen LogP contribution in [-0.2, 0) is 12.1 Å². The monoisotopic (exact) mass is 362 g/mol. The number of carbonyl (C=O) groups excluding carboxylic acids is 1. The second-order valence-corrected chi connectivity index (χ2v) is 7.01. The van der Waals surface area contributed by atoms with Gasteiger partial charge < -0.3 is 9.80 Å². The Labute approximate surface area is 152 Å². The van der Waals surface area contributed by atoms with Crippen molar-refractivity contribution in [3.8, 4) is 0 Å². The largest absolute Gasteiger partial charge is 0.320 e. The molecular formula is C19H20Cl2N2O. The molecule has 1 atom stereocenters. The number of carbonyl (C=O) groups is 1. The lowest BCUT2D eigenvalue weighted by molar-refractivity contribution is 0.172. The van der Waals surface area contributed by atoms with Gasteiger partial charge in [0.15, 0.2) is 0 Å². The molecular weight excluding hydrogens is 343 g/mol. The summed E-state index contributed by atoms with van der Waals surface area (Å²) in [4.78, 5) is 16.5. The smallest absolute Gasteiger partial charge is 0.318 e. The van der Waals surface area contributed by atoms with Gasteiger partial charge in [-0.05, 0) is 29.7 Å². The average Bonchev–Trinajstić information content (AvgIpc) is 2.84. The van der Waals surface area contributed by atoms with Crippen molar-refractivity contribution in [2.75, 3.05) is 13.6 Å². The number of hydrogen-bond acceptors (Lipinski definition) is 1. The Kier molecular flexibility index (Phi) is 4.75. The molecule has 1 unspecified atom stereocenters. The minimum Gasteiger partial charge on any atom is -0.318 e. The highest BCUT2D eigenvalue weighted by Gasteiger charge is 2.47. The number of amides is 2. The maximum atomic E-state index is 12.8. The molecule has 0 spiro atoms. The van der Waals surface area contributed by atoms with Gasteiger partial charge in [-0.2, -0.15) is 0 Å². The van der Waals surface area contributed by atoms with Gasteiger partial charge in [-0.1, -0.05) is 66.5 Å². The summed E-state index contributed by atoms with van der Waals surface area (Å²) in [5, 5.41) is 1.05. The normalized spacial score (nSPS) is 20.8. The molecule has 0 bridgehead atoms. The highest BCUT2D eigenvalue weighted by molar-refractivity contribution is 6.42. The maximum Gasteiger partial charge on any atom is 0.320 e. The van der Waals surface area contributed by atoms with Crippen molar-refractivity contribution in [3.63, 3.8) is 0 Å². The van der Waals surface area contributed by atoms with Crippen LogP contribution in [0.25, 0.3) is 0 Å². The lowest BCUT2D eigenvalue weighted by Crippen LogP contribution is -2.41. The summed E-state index contributed by atoms with van der Waals surface area (Å²) < 4.78 is 0. The van der Waals surface area contributed by atoms with E-state index in [9.17, 15) is 4.79 Å². The number of benzene rings is 2. The summed E-state index contributed by atoms with van der Waals surface area (Å²) in [6.45, 7) is 3.33. The van der Waals surface area contributed by atoms with Gasteiger partial charge in [0.2, 0.25) is 0 Å². The molecule has 0 radical (unpaired) electrons. The van der Waals surface area contributed by atoms with Gasteiger partial charge >= 0.3 is 6.03 Å². The zero-order chi connectivity index (χ0) is 17.3. The van der Waals surface area contributed by atoms with Gasteiger partial charge in [-0.15, -0.1) is 0 Å². The van der Waals surface area contributed by atoms with Crippen molar-refractivity contribution in [2.24, 2.45) is 0 Å². The predicted molar refractivity (Wildman–Crippen MR) is 98.4 cm³/mol.